The van der Waals surface area contributed by atoms with E-state index in [2.05, 4.69) is 10.2 Å². The van der Waals surface area contributed by atoms with Crippen LogP contribution in [0.1, 0.15) is 5.56 Å². The summed E-state index contributed by atoms with van der Waals surface area (Å²) in [6.45, 7) is 3.56. The Labute approximate surface area is 164 Å². The van der Waals surface area contributed by atoms with Crippen LogP contribution in [0.5, 0.6) is 11.5 Å². The number of fused-ring (bicyclic) bond motifs is 1. The maximum absolute atomic E-state index is 5.51. The molecule has 1 N–H and O–H groups in total. The van der Waals surface area contributed by atoms with Crippen molar-refractivity contribution in [2.75, 3.05) is 50.7 Å². The van der Waals surface area contributed by atoms with Crippen LogP contribution in [-0.2, 0) is 11.3 Å². The molecule has 0 spiro atoms. The molecule has 2 aromatic carbocycles. The monoisotopic (exact) mass is 380 g/mol. The lowest BCUT2D eigenvalue weighted by molar-refractivity contribution is 0.122. The van der Waals surface area contributed by atoms with E-state index in [0.717, 1.165) is 52.8 Å². The van der Waals surface area contributed by atoms with Crippen molar-refractivity contribution in [1.29, 1.82) is 0 Å². The summed E-state index contributed by atoms with van der Waals surface area (Å²) in [6, 6.07) is 13.8. The number of para-hydroxylation sites is 1. The molecule has 146 valence electrons. The average molecular weight is 380 g/mol. The SMILES string of the molecule is COc1ccc(CNc2nc(N3CCOCC3)nc3ccccc23)c(OC)c1. The van der Waals surface area contributed by atoms with Crippen LogP contribution in [0.25, 0.3) is 10.9 Å². The van der Waals surface area contributed by atoms with Gasteiger partial charge in [-0.25, -0.2) is 4.98 Å². The van der Waals surface area contributed by atoms with E-state index in [1.807, 2.05) is 42.5 Å². The largest absolute Gasteiger partial charge is 0.497 e. The van der Waals surface area contributed by atoms with Gasteiger partial charge in [0.15, 0.2) is 0 Å². The molecule has 1 fully saturated rings. The number of hydrogen-bond donors (Lipinski definition) is 1. The van der Waals surface area contributed by atoms with Crippen LogP contribution < -0.4 is 19.7 Å². The molecule has 0 amide bonds. The van der Waals surface area contributed by atoms with Gasteiger partial charge in [-0.1, -0.05) is 12.1 Å². The highest BCUT2D eigenvalue weighted by Crippen LogP contribution is 2.28. The van der Waals surface area contributed by atoms with Crippen molar-refractivity contribution in [3.63, 3.8) is 0 Å². The van der Waals surface area contributed by atoms with Crippen molar-refractivity contribution >= 4 is 22.7 Å². The van der Waals surface area contributed by atoms with Gasteiger partial charge >= 0.3 is 0 Å². The average Bonchev–Trinajstić information content (AvgIpc) is 2.77. The second-order valence-corrected chi connectivity index (χ2v) is 6.52. The fourth-order valence-corrected chi connectivity index (χ4v) is 3.28. The molecule has 4 rings (SSSR count). The van der Waals surface area contributed by atoms with Gasteiger partial charge in [0.25, 0.3) is 0 Å². The number of anilines is 2. The molecule has 0 aliphatic carbocycles. The van der Waals surface area contributed by atoms with Crippen molar-refractivity contribution < 1.29 is 14.2 Å². The highest BCUT2D eigenvalue weighted by Gasteiger charge is 2.17. The Hall–Kier alpha value is -3.06. The molecule has 0 bridgehead atoms. The van der Waals surface area contributed by atoms with Crippen molar-refractivity contribution in [1.82, 2.24) is 9.97 Å². The standard InChI is InChI=1S/C21H24N4O3/c1-26-16-8-7-15(19(13-16)27-2)14-22-20-17-5-3-4-6-18(17)23-21(24-20)25-9-11-28-12-10-25/h3-8,13H,9-12,14H2,1-2H3,(H,22,23,24). The summed E-state index contributed by atoms with van der Waals surface area (Å²) in [7, 11) is 3.31. The van der Waals surface area contributed by atoms with Crippen LogP contribution in [0.15, 0.2) is 42.5 Å². The summed E-state index contributed by atoms with van der Waals surface area (Å²) in [6.07, 6.45) is 0. The maximum atomic E-state index is 5.51. The lowest BCUT2D eigenvalue weighted by Gasteiger charge is -2.27. The molecule has 1 aromatic heterocycles. The van der Waals surface area contributed by atoms with E-state index in [4.69, 9.17) is 24.2 Å². The molecule has 0 radical (unpaired) electrons. The lowest BCUT2D eigenvalue weighted by atomic mass is 10.1. The van der Waals surface area contributed by atoms with Gasteiger partial charge in [0, 0.05) is 36.7 Å². The number of benzene rings is 2. The zero-order valence-electron chi connectivity index (χ0n) is 16.1. The Morgan fingerprint density at radius 3 is 2.64 bits per heavy atom. The second-order valence-electron chi connectivity index (χ2n) is 6.52. The summed E-state index contributed by atoms with van der Waals surface area (Å²) in [4.78, 5) is 11.7. The van der Waals surface area contributed by atoms with Gasteiger partial charge in [0.1, 0.15) is 17.3 Å². The van der Waals surface area contributed by atoms with Gasteiger partial charge in [0.05, 0.1) is 33.0 Å². The molecule has 0 saturated carbocycles. The van der Waals surface area contributed by atoms with E-state index in [0.29, 0.717) is 19.8 Å². The van der Waals surface area contributed by atoms with Crippen LogP contribution >= 0.6 is 0 Å². The maximum Gasteiger partial charge on any atom is 0.228 e. The summed E-state index contributed by atoms with van der Waals surface area (Å²) in [5.41, 5.74) is 1.95. The summed E-state index contributed by atoms with van der Waals surface area (Å²) in [5, 5.41) is 4.46. The van der Waals surface area contributed by atoms with Gasteiger partial charge in [-0.05, 0) is 24.3 Å². The number of morpholine rings is 1. The van der Waals surface area contributed by atoms with Gasteiger partial charge in [-0.2, -0.15) is 4.98 Å². The first-order valence-corrected chi connectivity index (χ1v) is 9.33. The summed E-state index contributed by atoms with van der Waals surface area (Å²) >= 11 is 0. The minimum absolute atomic E-state index is 0.580. The van der Waals surface area contributed by atoms with E-state index in [9.17, 15) is 0 Å². The number of hydrogen-bond acceptors (Lipinski definition) is 7. The Bertz CT molecular complexity index is 958. The molecule has 2 heterocycles. The molecule has 0 atom stereocenters. The highest BCUT2D eigenvalue weighted by atomic mass is 16.5. The van der Waals surface area contributed by atoms with E-state index in [1.54, 1.807) is 14.2 Å². The Morgan fingerprint density at radius 2 is 1.86 bits per heavy atom. The van der Waals surface area contributed by atoms with Gasteiger partial charge in [-0.3, -0.25) is 0 Å². The fourth-order valence-electron chi connectivity index (χ4n) is 3.28. The summed E-state index contributed by atoms with van der Waals surface area (Å²) in [5.74, 6) is 3.08. The number of rotatable bonds is 6. The van der Waals surface area contributed by atoms with Crippen molar-refractivity contribution in [2.24, 2.45) is 0 Å². The highest BCUT2D eigenvalue weighted by molar-refractivity contribution is 5.90. The molecular formula is C21H24N4O3. The zero-order chi connectivity index (χ0) is 19.3. The van der Waals surface area contributed by atoms with Crippen LogP contribution in [0.3, 0.4) is 0 Å². The number of nitrogens with one attached hydrogen (secondary N) is 1. The van der Waals surface area contributed by atoms with E-state index >= 15 is 0 Å². The first-order chi connectivity index (χ1) is 13.8. The van der Waals surface area contributed by atoms with E-state index in [-0.39, 0.29) is 0 Å². The third-order valence-electron chi connectivity index (χ3n) is 4.83. The Kier molecular flexibility index (Phi) is 5.43. The Morgan fingerprint density at radius 1 is 1.04 bits per heavy atom. The lowest BCUT2D eigenvalue weighted by Crippen LogP contribution is -2.37. The Balaban J connectivity index is 1.64. The van der Waals surface area contributed by atoms with Crippen molar-refractivity contribution in [2.45, 2.75) is 6.54 Å². The predicted octanol–water partition coefficient (Wildman–Crippen LogP) is 3.10. The molecule has 7 nitrogen and oxygen atoms in total. The van der Waals surface area contributed by atoms with Crippen molar-refractivity contribution in [3.05, 3.63) is 48.0 Å². The number of aromatic nitrogens is 2. The van der Waals surface area contributed by atoms with Crippen LogP contribution in [-0.4, -0.2) is 50.5 Å². The fraction of sp³-hybridized carbons (Fsp3) is 0.333. The van der Waals surface area contributed by atoms with Crippen LogP contribution in [0, 0.1) is 0 Å². The molecule has 7 heteroatoms. The van der Waals surface area contributed by atoms with Crippen LogP contribution in [0.2, 0.25) is 0 Å². The predicted molar refractivity (Wildman–Crippen MR) is 109 cm³/mol. The minimum Gasteiger partial charge on any atom is -0.497 e. The van der Waals surface area contributed by atoms with Gasteiger partial charge in [0.2, 0.25) is 5.95 Å². The quantitative estimate of drug-likeness (QED) is 0.705. The number of nitrogens with zero attached hydrogens (tertiary/aromatic N) is 3. The van der Waals surface area contributed by atoms with E-state index in [1.165, 1.54) is 0 Å². The molecular weight excluding hydrogens is 356 g/mol. The molecule has 1 saturated heterocycles. The molecule has 0 unspecified atom stereocenters. The zero-order valence-corrected chi connectivity index (χ0v) is 16.1. The topological polar surface area (TPSA) is 68.7 Å². The molecule has 1 aliphatic rings. The minimum atomic E-state index is 0.580. The second kappa shape index (κ2) is 8.31. The molecule has 28 heavy (non-hydrogen) atoms. The number of methoxy groups -OCH3 is 2. The van der Waals surface area contributed by atoms with E-state index < -0.39 is 0 Å². The molecule has 1 aliphatic heterocycles. The third-order valence-corrected chi connectivity index (χ3v) is 4.83. The number of ether oxygens (including phenoxy) is 3. The van der Waals surface area contributed by atoms with Crippen molar-refractivity contribution in [3.8, 4) is 11.5 Å². The van der Waals surface area contributed by atoms with Gasteiger partial charge in [-0.15, -0.1) is 0 Å². The summed E-state index contributed by atoms with van der Waals surface area (Å²) < 4.78 is 16.2. The first-order valence-electron chi connectivity index (χ1n) is 9.33. The molecule has 3 aromatic rings. The van der Waals surface area contributed by atoms with Crippen LogP contribution in [0.4, 0.5) is 11.8 Å². The first kappa shape index (κ1) is 18.3. The van der Waals surface area contributed by atoms with Gasteiger partial charge < -0.3 is 24.4 Å². The smallest absolute Gasteiger partial charge is 0.228 e. The third kappa shape index (κ3) is 3.80. The normalized spacial score (nSPS) is 14.1.